The van der Waals surface area contributed by atoms with E-state index in [9.17, 15) is 4.79 Å². The van der Waals surface area contributed by atoms with Crippen molar-refractivity contribution in [2.24, 2.45) is 0 Å². The second kappa shape index (κ2) is 5.34. The van der Waals surface area contributed by atoms with Gasteiger partial charge in [0.2, 0.25) is 5.91 Å². The topological polar surface area (TPSA) is 32.3 Å². The van der Waals surface area contributed by atoms with E-state index < -0.39 is 0 Å². The van der Waals surface area contributed by atoms with Crippen LogP contribution in [0.2, 0.25) is 0 Å². The van der Waals surface area contributed by atoms with Gasteiger partial charge in [0.1, 0.15) is 0 Å². The lowest BCUT2D eigenvalue weighted by molar-refractivity contribution is -0.115. The molecule has 1 aromatic rings. The molecule has 0 aliphatic rings. The molecule has 0 spiro atoms. The van der Waals surface area contributed by atoms with Gasteiger partial charge in [-0.1, -0.05) is 22.0 Å². The minimum absolute atomic E-state index is 0.0337. The van der Waals surface area contributed by atoms with Gasteiger partial charge in [0.05, 0.1) is 4.83 Å². The lowest BCUT2D eigenvalue weighted by Crippen LogP contribution is -2.20. The maximum absolute atomic E-state index is 11.5. The monoisotopic (exact) mass is 284 g/mol. The van der Waals surface area contributed by atoms with Gasteiger partial charge in [-0.3, -0.25) is 4.79 Å². The van der Waals surface area contributed by atoms with Gasteiger partial charge in [-0.05, 0) is 31.5 Å². The molecule has 0 aliphatic carbocycles. The van der Waals surface area contributed by atoms with Crippen LogP contribution < -0.4 is 10.2 Å². The van der Waals surface area contributed by atoms with E-state index in [1.165, 1.54) is 5.56 Å². The quantitative estimate of drug-likeness (QED) is 0.866. The molecule has 4 heteroatoms. The lowest BCUT2D eigenvalue weighted by Gasteiger charge is -2.17. The van der Waals surface area contributed by atoms with E-state index in [0.717, 1.165) is 11.4 Å². The van der Waals surface area contributed by atoms with Crippen LogP contribution in [0.1, 0.15) is 12.5 Å². The number of halogens is 1. The highest BCUT2D eigenvalue weighted by atomic mass is 79.9. The second-order valence-electron chi connectivity index (χ2n) is 4.00. The molecule has 1 N–H and O–H groups in total. The van der Waals surface area contributed by atoms with Gasteiger partial charge in [-0.2, -0.15) is 0 Å². The third-order valence-electron chi connectivity index (χ3n) is 2.32. The molecule has 0 aromatic heterocycles. The largest absolute Gasteiger partial charge is 0.377 e. The zero-order valence-corrected chi connectivity index (χ0v) is 11.6. The van der Waals surface area contributed by atoms with Crippen molar-refractivity contribution in [2.45, 2.75) is 18.7 Å². The minimum Gasteiger partial charge on any atom is -0.377 e. The second-order valence-corrected chi connectivity index (χ2v) is 5.37. The predicted octanol–water partition coefficient (Wildman–Crippen LogP) is 2.78. The number of nitrogens with one attached hydrogen (secondary N) is 1. The molecule has 0 aliphatic heterocycles. The van der Waals surface area contributed by atoms with Crippen molar-refractivity contribution in [3.8, 4) is 0 Å². The Morgan fingerprint density at radius 3 is 2.56 bits per heavy atom. The molecule has 1 atom stereocenters. The van der Waals surface area contributed by atoms with E-state index in [4.69, 9.17) is 0 Å². The first-order valence-electron chi connectivity index (χ1n) is 5.14. The fraction of sp³-hybridized carbons (Fsp3) is 0.417. The summed E-state index contributed by atoms with van der Waals surface area (Å²) in [5, 5.41) is 2.85. The molecule has 0 fully saturated rings. The molecule has 0 saturated heterocycles. The molecule has 1 rings (SSSR count). The van der Waals surface area contributed by atoms with Crippen LogP contribution in [0.4, 0.5) is 11.4 Å². The molecule has 1 aromatic carbocycles. The van der Waals surface area contributed by atoms with Crippen LogP contribution in [0.3, 0.4) is 0 Å². The molecule has 1 amide bonds. The van der Waals surface area contributed by atoms with Crippen LogP contribution in [-0.4, -0.2) is 24.8 Å². The number of aryl methyl sites for hydroxylation is 1. The minimum atomic E-state index is -0.184. The number of benzene rings is 1. The number of hydrogen-bond donors (Lipinski definition) is 1. The fourth-order valence-electron chi connectivity index (χ4n) is 1.41. The van der Waals surface area contributed by atoms with Crippen LogP contribution in [0.5, 0.6) is 0 Å². The summed E-state index contributed by atoms with van der Waals surface area (Å²) in [5.41, 5.74) is 3.13. The first-order chi connectivity index (χ1) is 7.41. The Morgan fingerprint density at radius 2 is 2.06 bits per heavy atom. The maximum atomic E-state index is 11.5. The van der Waals surface area contributed by atoms with E-state index in [1.807, 2.05) is 44.1 Å². The van der Waals surface area contributed by atoms with Crippen molar-refractivity contribution in [3.63, 3.8) is 0 Å². The number of anilines is 2. The van der Waals surface area contributed by atoms with Crippen molar-refractivity contribution in [1.82, 2.24) is 0 Å². The SMILES string of the molecule is Cc1ccc(NC(=O)C(C)Br)cc1N(C)C. The zero-order chi connectivity index (χ0) is 12.3. The molecule has 88 valence electrons. The van der Waals surface area contributed by atoms with Crippen LogP contribution >= 0.6 is 15.9 Å². The third-order valence-corrected chi connectivity index (χ3v) is 2.74. The number of rotatable bonds is 3. The first kappa shape index (κ1) is 13.0. The van der Waals surface area contributed by atoms with Gasteiger partial charge in [-0.25, -0.2) is 0 Å². The molecule has 1 unspecified atom stereocenters. The smallest absolute Gasteiger partial charge is 0.237 e. The molecule has 3 nitrogen and oxygen atoms in total. The predicted molar refractivity (Wildman–Crippen MR) is 72.5 cm³/mol. The van der Waals surface area contributed by atoms with E-state index in [1.54, 1.807) is 6.92 Å². The van der Waals surface area contributed by atoms with Crippen LogP contribution in [0.15, 0.2) is 18.2 Å². The molecular weight excluding hydrogens is 268 g/mol. The Morgan fingerprint density at radius 1 is 1.44 bits per heavy atom. The van der Waals surface area contributed by atoms with Crippen molar-refractivity contribution >= 4 is 33.2 Å². The number of alkyl halides is 1. The zero-order valence-electron chi connectivity index (χ0n) is 10.0. The normalized spacial score (nSPS) is 12.1. The average Bonchev–Trinajstić information content (AvgIpc) is 2.20. The molecule has 0 radical (unpaired) electrons. The standard InChI is InChI=1S/C12H17BrN2O/c1-8-5-6-10(7-11(8)15(3)4)14-12(16)9(2)13/h5-7,9H,1-4H3,(H,14,16). The number of carbonyl (C=O) groups excluding carboxylic acids is 1. The Kier molecular flexibility index (Phi) is 4.35. The summed E-state index contributed by atoms with van der Waals surface area (Å²) in [5.74, 6) is -0.0337. The molecule has 0 bridgehead atoms. The summed E-state index contributed by atoms with van der Waals surface area (Å²) in [6.07, 6.45) is 0. The van der Waals surface area contributed by atoms with Gasteiger partial charge in [0.25, 0.3) is 0 Å². The van der Waals surface area contributed by atoms with Crippen molar-refractivity contribution < 1.29 is 4.79 Å². The highest BCUT2D eigenvalue weighted by Crippen LogP contribution is 2.22. The van der Waals surface area contributed by atoms with Crippen LogP contribution in [-0.2, 0) is 4.79 Å². The van der Waals surface area contributed by atoms with Crippen LogP contribution in [0.25, 0.3) is 0 Å². The summed E-state index contributed by atoms with van der Waals surface area (Å²) in [7, 11) is 3.97. The summed E-state index contributed by atoms with van der Waals surface area (Å²) in [6, 6.07) is 5.89. The third kappa shape index (κ3) is 3.23. The van der Waals surface area contributed by atoms with Crippen LogP contribution in [0, 0.1) is 6.92 Å². The molecule has 16 heavy (non-hydrogen) atoms. The van der Waals surface area contributed by atoms with Crippen molar-refractivity contribution in [3.05, 3.63) is 23.8 Å². The molecule has 0 saturated carbocycles. The number of amides is 1. The highest BCUT2D eigenvalue weighted by molar-refractivity contribution is 9.10. The van der Waals surface area contributed by atoms with Gasteiger partial charge in [-0.15, -0.1) is 0 Å². The Balaban J connectivity index is 2.91. The Labute approximate surface area is 105 Å². The molecule has 0 heterocycles. The Bertz CT molecular complexity index is 389. The van der Waals surface area contributed by atoms with E-state index >= 15 is 0 Å². The lowest BCUT2D eigenvalue weighted by atomic mass is 10.1. The van der Waals surface area contributed by atoms with E-state index in [-0.39, 0.29) is 10.7 Å². The van der Waals surface area contributed by atoms with E-state index in [2.05, 4.69) is 21.2 Å². The summed E-state index contributed by atoms with van der Waals surface area (Å²) >= 11 is 3.24. The summed E-state index contributed by atoms with van der Waals surface area (Å²) < 4.78 is 0. The summed E-state index contributed by atoms with van der Waals surface area (Å²) in [6.45, 7) is 3.85. The maximum Gasteiger partial charge on any atom is 0.237 e. The highest BCUT2D eigenvalue weighted by Gasteiger charge is 2.09. The van der Waals surface area contributed by atoms with Crippen molar-refractivity contribution in [1.29, 1.82) is 0 Å². The Hall–Kier alpha value is -1.03. The van der Waals surface area contributed by atoms with Gasteiger partial charge >= 0.3 is 0 Å². The fourth-order valence-corrected chi connectivity index (χ4v) is 1.53. The number of hydrogen-bond acceptors (Lipinski definition) is 2. The van der Waals surface area contributed by atoms with Crippen molar-refractivity contribution in [2.75, 3.05) is 24.3 Å². The van der Waals surface area contributed by atoms with E-state index in [0.29, 0.717) is 0 Å². The van der Waals surface area contributed by atoms with Gasteiger partial charge in [0, 0.05) is 25.5 Å². The molecular formula is C12H17BrN2O. The number of carbonyl (C=O) groups is 1. The summed E-state index contributed by atoms with van der Waals surface area (Å²) in [4.78, 5) is 13.4. The number of nitrogens with zero attached hydrogens (tertiary/aromatic N) is 1. The average molecular weight is 285 g/mol. The van der Waals surface area contributed by atoms with Gasteiger partial charge < -0.3 is 10.2 Å². The first-order valence-corrected chi connectivity index (χ1v) is 6.06. The van der Waals surface area contributed by atoms with Gasteiger partial charge in [0.15, 0.2) is 0 Å².